The molecule has 0 spiro atoms. The number of hydrogen-bond donors (Lipinski definition) is 1. The largest absolute Gasteiger partial charge is 0.348 e. The Labute approximate surface area is 134 Å². The van der Waals surface area contributed by atoms with Crippen LogP contribution in [-0.2, 0) is 20.5 Å². The van der Waals surface area contributed by atoms with Gasteiger partial charge in [0.2, 0.25) is 0 Å². The lowest BCUT2D eigenvalue weighted by Crippen LogP contribution is -2.31. The van der Waals surface area contributed by atoms with Crippen molar-refractivity contribution >= 4 is 11.0 Å². The van der Waals surface area contributed by atoms with Crippen molar-refractivity contribution in [2.45, 2.75) is 49.8 Å². The molecule has 1 N–H and O–H groups in total. The smallest absolute Gasteiger partial charge is 0.165 e. The number of hydrogen-bond acceptors (Lipinski definition) is 4. The molecule has 22 heavy (non-hydrogen) atoms. The first-order chi connectivity index (χ1) is 10.5. The molecule has 1 aromatic rings. The van der Waals surface area contributed by atoms with Gasteiger partial charge in [0.1, 0.15) is 17.0 Å². The maximum absolute atomic E-state index is 12.2. The monoisotopic (exact) mass is 322 g/mol. The van der Waals surface area contributed by atoms with Gasteiger partial charge in [-0.1, -0.05) is 17.7 Å². The second-order valence-corrected chi connectivity index (χ2v) is 6.85. The van der Waals surface area contributed by atoms with Crippen LogP contribution in [0.15, 0.2) is 29.2 Å². The van der Waals surface area contributed by atoms with E-state index in [-0.39, 0.29) is 0 Å². The predicted octanol–water partition coefficient (Wildman–Crippen LogP) is 2.43. The molecule has 1 unspecified atom stereocenters. The Kier molecular flexibility index (Phi) is 6.09. The van der Waals surface area contributed by atoms with Crippen LogP contribution in [-0.4, -0.2) is 29.3 Å². The maximum Gasteiger partial charge on any atom is 0.165 e. The van der Waals surface area contributed by atoms with Crippen LogP contribution in [0.3, 0.4) is 0 Å². The highest BCUT2D eigenvalue weighted by atomic mass is 32.2. The Morgan fingerprint density at radius 1 is 1.36 bits per heavy atom. The summed E-state index contributed by atoms with van der Waals surface area (Å²) in [6, 6.07) is 9.16. The molecule has 5 nitrogen and oxygen atoms in total. The minimum absolute atomic E-state index is 0.452. The minimum atomic E-state index is -1.37. The Balaban J connectivity index is 1.80. The van der Waals surface area contributed by atoms with Gasteiger partial charge in [-0.15, -0.1) is 0 Å². The molecular weight excluding hydrogens is 300 g/mol. The van der Waals surface area contributed by atoms with E-state index >= 15 is 0 Å². The van der Waals surface area contributed by atoms with Crippen LogP contribution in [0.25, 0.3) is 0 Å². The summed E-state index contributed by atoms with van der Waals surface area (Å²) in [7, 11) is -1.37. The van der Waals surface area contributed by atoms with Crippen molar-refractivity contribution in [2.75, 3.05) is 13.2 Å². The van der Waals surface area contributed by atoms with E-state index < -0.39 is 22.8 Å². The third-order valence-electron chi connectivity index (χ3n) is 3.66. The molecule has 0 bridgehead atoms. The molecule has 1 aliphatic heterocycles. The predicted molar refractivity (Wildman–Crippen MR) is 84.3 cm³/mol. The van der Waals surface area contributed by atoms with E-state index in [1.807, 2.05) is 38.1 Å². The third kappa shape index (κ3) is 4.89. The average molecular weight is 322 g/mol. The summed E-state index contributed by atoms with van der Waals surface area (Å²) in [6.45, 7) is 5.13. The summed E-state index contributed by atoms with van der Waals surface area (Å²) < 4.78 is 26.1. The molecule has 120 valence electrons. The maximum atomic E-state index is 12.2. The zero-order valence-corrected chi connectivity index (χ0v) is 13.8. The molecule has 1 saturated heterocycles. The first-order valence-electron chi connectivity index (χ1n) is 7.44. The van der Waals surface area contributed by atoms with E-state index in [2.05, 4.69) is 10.8 Å². The van der Waals surface area contributed by atoms with E-state index in [0.717, 1.165) is 18.4 Å². The fraction of sp³-hybridized carbons (Fsp3) is 0.562. The van der Waals surface area contributed by atoms with Gasteiger partial charge in [0.25, 0.3) is 0 Å². The number of benzene rings is 1. The first kappa shape index (κ1) is 17.1. The summed E-state index contributed by atoms with van der Waals surface area (Å²) in [5, 5.41) is 9.21. The van der Waals surface area contributed by atoms with Gasteiger partial charge in [-0.3, -0.25) is 0 Å². The molecule has 2 rings (SSSR count). The Morgan fingerprint density at radius 3 is 2.59 bits per heavy atom. The van der Waals surface area contributed by atoms with Gasteiger partial charge in [0.05, 0.1) is 24.2 Å². The highest BCUT2D eigenvalue weighted by Gasteiger charge is 2.30. The Hall–Kier alpha value is -1.26. The van der Waals surface area contributed by atoms with Crippen LogP contribution in [0.1, 0.15) is 31.7 Å². The molecular formula is C16H22N2O3S. The zero-order chi connectivity index (χ0) is 16.0. The molecule has 6 heteroatoms. The third-order valence-corrected chi connectivity index (χ3v) is 4.86. The standard InChI is InChI=1S/C16H22N2O3S/c1-13-5-7-15(8-6-13)22(19)18-14(12-17)4-3-9-16(2)20-10-11-21-16/h5-8,14,18H,3-4,9-11H2,1-2H3/t14-,22?/m0/s1. The lowest BCUT2D eigenvalue weighted by Gasteiger charge is -2.22. The number of nitrogens with one attached hydrogen (secondary N) is 1. The Bertz CT molecular complexity index is 548. The first-order valence-corrected chi connectivity index (χ1v) is 8.59. The summed E-state index contributed by atoms with van der Waals surface area (Å²) in [5.74, 6) is -0.532. The van der Waals surface area contributed by atoms with E-state index in [1.165, 1.54) is 0 Å². The quantitative estimate of drug-likeness (QED) is 0.837. The second-order valence-electron chi connectivity index (χ2n) is 5.60. The van der Waals surface area contributed by atoms with Crippen molar-refractivity contribution in [3.8, 4) is 6.07 Å². The van der Waals surface area contributed by atoms with E-state index in [9.17, 15) is 9.47 Å². The molecule has 0 amide bonds. The normalized spacial score (nSPS) is 19.5. The molecule has 2 atom stereocenters. The molecule has 1 heterocycles. The van der Waals surface area contributed by atoms with Crippen molar-refractivity contribution in [3.05, 3.63) is 29.8 Å². The summed E-state index contributed by atoms with van der Waals surface area (Å²) in [5.41, 5.74) is 1.11. The minimum Gasteiger partial charge on any atom is -0.348 e. The summed E-state index contributed by atoms with van der Waals surface area (Å²) in [6.07, 6.45) is 2.10. The van der Waals surface area contributed by atoms with E-state index in [0.29, 0.717) is 24.5 Å². The highest BCUT2D eigenvalue weighted by Crippen LogP contribution is 2.25. The van der Waals surface area contributed by atoms with Gasteiger partial charge >= 0.3 is 0 Å². The number of ether oxygens (including phenoxy) is 2. The zero-order valence-electron chi connectivity index (χ0n) is 13.0. The SMILES string of the molecule is Cc1ccc(S(=O)N[C@H](C#N)CCCC2(C)OCCO2)cc1. The lowest BCUT2D eigenvalue weighted by atomic mass is 10.1. The number of aryl methyl sites for hydroxylation is 1. The lowest BCUT2D eigenvalue weighted by molar-refractivity contribution is -0.147. The van der Waals surface area contributed by atoms with Gasteiger partial charge in [0.15, 0.2) is 5.79 Å². The molecule has 1 aromatic carbocycles. The van der Waals surface area contributed by atoms with Gasteiger partial charge in [-0.2, -0.15) is 5.26 Å². The highest BCUT2D eigenvalue weighted by molar-refractivity contribution is 7.83. The van der Waals surface area contributed by atoms with Crippen molar-refractivity contribution in [3.63, 3.8) is 0 Å². The van der Waals surface area contributed by atoms with Gasteiger partial charge < -0.3 is 9.47 Å². The number of nitriles is 1. The van der Waals surface area contributed by atoms with Crippen molar-refractivity contribution < 1.29 is 13.7 Å². The van der Waals surface area contributed by atoms with Crippen molar-refractivity contribution in [1.82, 2.24) is 4.72 Å². The van der Waals surface area contributed by atoms with Crippen molar-refractivity contribution in [2.24, 2.45) is 0 Å². The molecule has 0 aromatic heterocycles. The fourth-order valence-corrected chi connectivity index (χ4v) is 3.29. The average Bonchev–Trinajstić information content (AvgIpc) is 2.93. The van der Waals surface area contributed by atoms with Gasteiger partial charge in [-0.25, -0.2) is 8.93 Å². The topological polar surface area (TPSA) is 71.4 Å². The number of rotatable bonds is 7. The van der Waals surface area contributed by atoms with E-state index in [1.54, 1.807) is 0 Å². The van der Waals surface area contributed by atoms with Crippen LogP contribution in [0, 0.1) is 18.3 Å². The summed E-state index contributed by atoms with van der Waals surface area (Å²) in [4.78, 5) is 0.681. The fourth-order valence-electron chi connectivity index (χ4n) is 2.34. The van der Waals surface area contributed by atoms with Crippen LogP contribution < -0.4 is 4.72 Å². The van der Waals surface area contributed by atoms with Crippen LogP contribution in [0.2, 0.25) is 0 Å². The number of nitrogens with zero attached hydrogens (tertiary/aromatic N) is 1. The van der Waals surface area contributed by atoms with Crippen LogP contribution in [0.4, 0.5) is 0 Å². The molecule has 0 aliphatic carbocycles. The molecule has 1 aliphatic rings. The summed E-state index contributed by atoms with van der Waals surface area (Å²) >= 11 is 0. The molecule has 1 fully saturated rings. The van der Waals surface area contributed by atoms with Crippen molar-refractivity contribution in [1.29, 1.82) is 5.26 Å². The van der Waals surface area contributed by atoms with E-state index in [4.69, 9.17) is 9.47 Å². The second kappa shape index (κ2) is 7.84. The van der Waals surface area contributed by atoms with Crippen LogP contribution in [0.5, 0.6) is 0 Å². The molecule has 0 saturated carbocycles. The Morgan fingerprint density at radius 2 is 2.00 bits per heavy atom. The molecule has 0 radical (unpaired) electrons. The van der Waals surface area contributed by atoms with Gasteiger partial charge in [-0.05, 0) is 38.8 Å². The van der Waals surface area contributed by atoms with Crippen LogP contribution >= 0.6 is 0 Å². The van der Waals surface area contributed by atoms with Gasteiger partial charge in [0, 0.05) is 6.42 Å².